The van der Waals surface area contributed by atoms with Crippen molar-refractivity contribution in [1.82, 2.24) is 14.8 Å². The lowest BCUT2D eigenvalue weighted by Crippen LogP contribution is -2.34. The van der Waals surface area contributed by atoms with Gasteiger partial charge in [0.2, 0.25) is 5.91 Å². The number of aromatic nitrogens is 1. The maximum atomic E-state index is 12.1. The van der Waals surface area contributed by atoms with Crippen molar-refractivity contribution in [3.8, 4) is 0 Å². The average Bonchev–Trinajstić information content (AvgIpc) is 2.37. The van der Waals surface area contributed by atoms with Gasteiger partial charge in [-0.25, -0.2) is 0 Å². The molecular formula is C14H24N4O. The van der Waals surface area contributed by atoms with E-state index in [1.54, 1.807) is 18.3 Å². The number of carbonyl (C=O) groups excluding carboxylic acids is 1. The third-order valence-corrected chi connectivity index (χ3v) is 2.95. The van der Waals surface area contributed by atoms with Gasteiger partial charge in [0.15, 0.2) is 0 Å². The van der Waals surface area contributed by atoms with Crippen molar-refractivity contribution in [1.29, 1.82) is 0 Å². The Balaban J connectivity index is 2.47. The first-order valence-corrected chi connectivity index (χ1v) is 6.65. The predicted octanol–water partition coefficient (Wildman–Crippen LogP) is 1.01. The number of hydrogen-bond acceptors (Lipinski definition) is 4. The first kappa shape index (κ1) is 15.4. The maximum Gasteiger partial charge on any atom is 0.228 e. The van der Waals surface area contributed by atoms with Crippen LogP contribution in [0.4, 0.5) is 5.69 Å². The zero-order valence-corrected chi connectivity index (χ0v) is 12.1. The van der Waals surface area contributed by atoms with Crippen molar-refractivity contribution in [2.45, 2.75) is 19.8 Å². The van der Waals surface area contributed by atoms with Crippen LogP contribution in [0, 0.1) is 0 Å². The van der Waals surface area contributed by atoms with Crippen LogP contribution in [0.25, 0.3) is 0 Å². The molecule has 0 saturated carbocycles. The number of hydrogen-bond donors (Lipinski definition) is 1. The SMILES string of the molecule is CCN(CCCN(C)C)C(=O)Cc1ccc(N)cn1. The molecule has 1 amide bonds. The van der Waals surface area contributed by atoms with E-state index in [0.717, 1.165) is 31.7 Å². The van der Waals surface area contributed by atoms with Crippen molar-refractivity contribution in [2.24, 2.45) is 0 Å². The average molecular weight is 264 g/mol. The molecule has 0 aliphatic rings. The van der Waals surface area contributed by atoms with E-state index in [4.69, 9.17) is 5.73 Å². The predicted molar refractivity (Wildman–Crippen MR) is 77.8 cm³/mol. The summed E-state index contributed by atoms with van der Waals surface area (Å²) in [6.45, 7) is 4.53. The largest absolute Gasteiger partial charge is 0.397 e. The Bertz CT molecular complexity index is 389. The zero-order valence-electron chi connectivity index (χ0n) is 12.1. The lowest BCUT2D eigenvalue weighted by molar-refractivity contribution is -0.130. The summed E-state index contributed by atoms with van der Waals surface area (Å²) < 4.78 is 0. The molecule has 2 N–H and O–H groups in total. The number of rotatable bonds is 7. The van der Waals surface area contributed by atoms with Crippen LogP contribution in [0.15, 0.2) is 18.3 Å². The number of pyridine rings is 1. The highest BCUT2D eigenvalue weighted by atomic mass is 16.2. The molecule has 0 aliphatic heterocycles. The van der Waals surface area contributed by atoms with Crippen LogP contribution < -0.4 is 5.73 Å². The summed E-state index contributed by atoms with van der Waals surface area (Å²) in [5, 5.41) is 0. The van der Waals surface area contributed by atoms with Gasteiger partial charge in [-0.1, -0.05) is 0 Å². The van der Waals surface area contributed by atoms with E-state index in [-0.39, 0.29) is 5.91 Å². The normalized spacial score (nSPS) is 10.7. The summed E-state index contributed by atoms with van der Waals surface area (Å²) in [5.74, 6) is 0.124. The van der Waals surface area contributed by atoms with E-state index in [9.17, 15) is 4.79 Å². The fourth-order valence-electron chi connectivity index (χ4n) is 1.84. The molecule has 0 bridgehead atoms. The van der Waals surface area contributed by atoms with Gasteiger partial charge in [-0.05, 0) is 46.1 Å². The topological polar surface area (TPSA) is 62.5 Å². The van der Waals surface area contributed by atoms with Crippen LogP contribution >= 0.6 is 0 Å². The van der Waals surface area contributed by atoms with Gasteiger partial charge < -0.3 is 15.5 Å². The third kappa shape index (κ3) is 5.70. The number of amides is 1. The van der Waals surface area contributed by atoms with Crippen LogP contribution in [0.1, 0.15) is 19.0 Å². The van der Waals surface area contributed by atoms with E-state index in [2.05, 4.69) is 9.88 Å². The molecule has 1 rings (SSSR count). The molecule has 0 atom stereocenters. The Morgan fingerprint density at radius 3 is 2.58 bits per heavy atom. The molecule has 1 heterocycles. The molecule has 0 unspecified atom stereocenters. The van der Waals surface area contributed by atoms with Crippen molar-refractivity contribution >= 4 is 11.6 Å². The second-order valence-electron chi connectivity index (χ2n) is 4.89. The first-order chi connectivity index (χ1) is 9.02. The van der Waals surface area contributed by atoms with Gasteiger partial charge >= 0.3 is 0 Å². The zero-order chi connectivity index (χ0) is 14.3. The molecule has 0 aliphatic carbocycles. The lowest BCUT2D eigenvalue weighted by atomic mass is 10.2. The second-order valence-corrected chi connectivity index (χ2v) is 4.89. The first-order valence-electron chi connectivity index (χ1n) is 6.65. The maximum absolute atomic E-state index is 12.1. The van der Waals surface area contributed by atoms with Gasteiger partial charge in [-0.3, -0.25) is 9.78 Å². The molecule has 0 aromatic carbocycles. The summed E-state index contributed by atoms with van der Waals surface area (Å²) in [6, 6.07) is 3.58. The fourth-order valence-corrected chi connectivity index (χ4v) is 1.84. The van der Waals surface area contributed by atoms with Crippen LogP contribution in [0.5, 0.6) is 0 Å². The highest BCUT2D eigenvalue weighted by Gasteiger charge is 2.12. The Kier molecular flexibility index (Phi) is 6.29. The Morgan fingerprint density at radius 2 is 2.05 bits per heavy atom. The van der Waals surface area contributed by atoms with E-state index < -0.39 is 0 Å². The number of carbonyl (C=O) groups is 1. The van der Waals surface area contributed by atoms with Gasteiger partial charge in [-0.15, -0.1) is 0 Å². The van der Waals surface area contributed by atoms with Gasteiger partial charge in [0, 0.05) is 18.8 Å². The summed E-state index contributed by atoms with van der Waals surface area (Å²) in [4.78, 5) is 20.3. The highest BCUT2D eigenvalue weighted by molar-refractivity contribution is 5.78. The van der Waals surface area contributed by atoms with Crippen molar-refractivity contribution in [2.75, 3.05) is 39.5 Å². The summed E-state index contributed by atoms with van der Waals surface area (Å²) in [5.41, 5.74) is 6.96. The lowest BCUT2D eigenvalue weighted by Gasteiger charge is -2.21. The second kappa shape index (κ2) is 7.74. The monoisotopic (exact) mass is 264 g/mol. The summed E-state index contributed by atoms with van der Waals surface area (Å²) in [6.07, 6.45) is 2.92. The summed E-state index contributed by atoms with van der Waals surface area (Å²) in [7, 11) is 4.08. The summed E-state index contributed by atoms with van der Waals surface area (Å²) >= 11 is 0. The number of anilines is 1. The molecule has 0 fully saturated rings. The molecule has 106 valence electrons. The molecule has 1 aromatic heterocycles. The van der Waals surface area contributed by atoms with Crippen molar-refractivity contribution < 1.29 is 4.79 Å². The Labute approximate surface area is 115 Å². The van der Waals surface area contributed by atoms with E-state index in [1.807, 2.05) is 25.9 Å². The standard InChI is InChI=1S/C14H24N4O/c1-4-18(9-5-8-17(2)3)14(19)10-13-7-6-12(15)11-16-13/h6-7,11H,4-5,8-10,15H2,1-3H3. The number of likely N-dealkylation sites (N-methyl/N-ethyl adjacent to an activating group) is 1. The van der Waals surface area contributed by atoms with Gasteiger partial charge in [0.05, 0.1) is 18.3 Å². The minimum absolute atomic E-state index is 0.124. The van der Waals surface area contributed by atoms with Gasteiger partial charge in [0.25, 0.3) is 0 Å². The van der Waals surface area contributed by atoms with Crippen LogP contribution in [-0.4, -0.2) is 54.4 Å². The van der Waals surface area contributed by atoms with E-state index >= 15 is 0 Å². The number of nitrogens with zero attached hydrogens (tertiary/aromatic N) is 3. The van der Waals surface area contributed by atoms with Gasteiger partial charge in [-0.2, -0.15) is 0 Å². The van der Waals surface area contributed by atoms with Gasteiger partial charge in [0.1, 0.15) is 0 Å². The number of nitrogens with two attached hydrogens (primary N) is 1. The minimum Gasteiger partial charge on any atom is -0.397 e. The molecule has 0 spiro atoms. The molecular weight excluding hydrogens is 240 g/mol. The minimum atomic E-state index is 0.124. The van der Waals surface area contributed by atoms with Crippen molar-refractivity contribution in [3.05, 3.63) is 24.0 Å². The van der Waals surface area contributed by atoms with E-state index in [0.29, 0.717) is 12.1 Å². The van der Waals surface area contributed by atoms with Crippen molar-refractivity contribution in [3.63, 3.8) is 0 Å². The third-order valence-electron chi connectivity index (χ3n) is 2.95. The Morgan fingerprint density at radius 1 is 1.32 bits per heavy atom. The van der Waals surface area contributed by atoms with Crippen LogP contribution in [0.3, 0.4) is 0 Å². The smallest absolute Gasteiger partial charge is 0.228 e. The quantitative estimate of drug-likeness (QED) is 0.798. The number of nitrogen functional groups attached to an aromatic ring is 1. The molecule has 1 aromatic rings. The molecule has 0 radical (unpaired) electrons. The molecule has 19 heavy (non-hydrogen) atoms. The van der Waals surface area contributed by atoms with Crippen LogP contribution in [0.2, 0.25) is 0 Å². The Hall–Kier alpha value is -1.62. The molecule has 5 heteroatoms. The highest BCUT2D eigenvalue weighted by Crippen LogP contribution is 2.04. The fraction of sp³-hybridized carbons (Fsp3) is 0.571. The van der Waals surface area contributed by atoms with E-state index in [1.165, 1.54) is 0 Å². The molecule has 0 saturated heterocycles. The molecule has 5 nitrogen and oxygen atoms in total. The van der Waals surface area contributed by atoms with Crippen LogP contribution in [-0.2, 0) is 11.2 Å².